The molecule has 196 valence electrons. The van der Waals surface area contributed by atoms with E-state index in [1.807, 2.05) is 0 Å². The van der Waals surface area contributed by atoms with Gasteiger partial charge in [-0.3, -0.25) is 9.44 Å². The second-order valence-corrected chi connectivity index (χ2v) is 11.9. The molecule has 1 aliphatic rings. The van der Waals surface area contributed by atoms with Crippen molar-refractivity contribution in [2.45, 2.75) is 15.9 Å². The highest BCUT2D eigenvalue weighted by Gasteiger charge is 2.31. The van der Waals surface area contributed by atoms with Crippen LogP contribution in [0.4, 0.5) is 11.4 Å². The minimum absolute atomic E-state index is 0.0343. The summed E-state index contributed by atoms with van der Waals surface area (Å²) in [6.45, 7) is 0. The molecule has 0 heterocycles. The zero-order chi connectivity index (χ0) is 27.1. The molecule has 0 spiro atoms. The van der Waals surface area contributed by atoms with Gasteiger partial charge in [0.05, 0.1) is 24.0 Å². The number of hydrogen-bond donors (Lipinski definition) is 3. The first kappa shape index (κ1) is 25.6. The average Bonchev–Trinajstić information content (AvgIpc) is 3.20. The van der Waals surface area contributed by atoms with Crippen molar-refractivity contribution >= 4 is 31.4 Å². The zero-order valence-corrected chi connectivity index (χ0v) is 22.0. The van der Waals surface area contributed by atoms with Crippen LogP contribution in [0.15, 0.2) is 94.7 Å². The molecule has 0 saturated carbocycles. The van der Waals surface area contributed by atoms with E-state index in [1.54, 1.807) is 60.7 Å². The Balaban J connectivity index is 1.41. The highest BCUT2D eigenvalue weighted by molar-refractivity contribution is 7.93. The molecular weight excluding hydrogens is 528 g/mol. The van der Waals surface area contributed by atoms with Crippen LogP contribution in [0.1, 0.15) is 17.2 Å². The normalized spacial score (nSPS) is 12.9. The van der Waals surface area contributed by atoms with Crippen molar-refractivity contribution in [3.8, 4) is 22.6 Å². The van der Waals surface area contributed by atoms with Crippen molar-refractivity contribution in [1.29, 1.82) is 0 Å². The SMILES string of the molecule is COc1ccc(NS(=O)(=O)c2ccc3c(c2)C(O)c2cc(S(=O)(=O)Nc4ccc(OC)cc4)ccc2-3)cc1. The summed E-state index contributed by atoms with van der Waals surface area (Å²) in [6.07, 6.45) is -1.20. The lowest BCUT2D eigenvalue weighted by molar-refractivity contribution is 0.224. The highest BCUT2D eigenvalue weighted by Crippen LogP contribution is 2.45. The van der Waals surface area contributed by atoms with E-state index in [4.69, 9.17) is 9.47 Å². The third-order valence-electron chi connectivity index (χ3n) is 6.23. The van der Waals surface area contributed by atoms with Crippen molar-refractivity contribution in [2.24, 2.45) is 0 Å². The largest absolute Gasteiger partial charge is 0.497 e. The quantitative estimate of drug-likeness (QED) is 0.296. The fourth-order valence-corrected chi connectivity index (χ4v) is 6.46. The predicted molar refractivity (Wildman–Crippen MR) is 144 cm³/mol. The molecule has 0 aromatic heterocycles. The minimum atomic E-state index is -3.95. The second kappa shape index (κ2) is 9.67. The summed E-state index contributed by atoms with van der Waals surface area (Å²) >= 11 is 0. The fraction of sp³-hybridized carbons (Fsp3) is 0.111. The lowest BCUT2D eigenvalue weighted by Crippen LogP contribution is -2.13. The van der Waals surface area contributed by atoms with Crippen LogP contribution in [-0.2, 0) is 20.0 Å². The maximum Gasteiger partial charge on any atom is 0.261 e. The summed E-state index contributed by atoms with van der Waals surface area (Å²) in [5.74, 6) is 1.18. The molecule has 11 heteroatoms. The van der Waals surface area contributed by atoms with Gasteiger partial charge < -0.3 is 14.6 Å². The first-order valence-electron chi connectivity index (χ1n) is 11.4. The first-order chi connectivity index (χ1) is 18.1. The molecule has 0 bridgehead atoms. The summed E-state index contributed by atoms with van der Waals surface area (Å²) in [5.41, 5.74) is 2.71. The van der Waals surface area contributed by atoms with Crippen LogP contribution in [0, 0.1) is 0 Å². The number of hydrogen-bond acceptors (Lipinski definition) is 7. The molecule has 0 radical (unpaired) electrons. The van der Waals surface area contributed by atoms with Gasteiger partial charge in [-0.2, -0.15) is 0 Å². The Kier molecular flexibility index (Phi) is 6.51. The molecule has 0 saturated heterocycles. The predicted octanol–water partition coefficient (Wildman–Crippen LogP) is 4.37. The van der Waals surface area contributed by atoms with Crippen LogP contribution in [0.3, 0.4) is 0 Å². The molecule has 0 aliphatic heterocycles. The Morgan fingerprint density at radius 3 is 1.32 bits per heavy atom. The molecular formula is C27H24N2O7S2. The molecule has 0 atom stereocenters. The van der Waals surface area contributed by atoms with Gasteiger partial charge >= 0.3 is 0 Å². The number of aliphatic hydroxyl groups excluding tert-OH is 1. The number of ether oxygens (including phenoxy) is 2. The van der Waals surface area contributed by atoms with Gasteiger partial charge in [-0.1, -0.05) is 12.1 Å². The lowest BCUT2D eigenvalue weighted by atomic mass is 10.1. The number of benzene rings is 4. The minimum Gasteiger partial charge on any atom is -0.497 e. The van der Waals surface area contributed by atoms with Crippen molar-refractivity contribution in [1.82, 2.24) is 0 Å². The van der Waals surface area contributed by atoms with Gasteiger partial charge in [0.1, 0.15) is 17.6 Å². The molecule has 0 fully saturated rings. The van der Waals surface area contributed by atoms with Gasteiger partial charge in [-0.05, 0) is 95.1 Å². The third-order valence-corrected chi connectivity index (χ3v) is 8.99. The zero-order valence-electron chi connectivity index (χ0n) is 20.4. The highest BCUT2D eigenvalue weighted by atomic mass is 32.2. The standard InChI is InChI=1S/C27H24N2O7S2/c1-35-19-7-3-17(4-8-19)28-37(31,32)21-11-13-23-24-14-12-22(16-26(24)27(30)25(23)15-21)38(33,34)29-18-5-9-20(36-2)10-6-18/h3-16,27-30H,1-2H3. The lowest BCUT2D eigenvalue weighted by Gasteiger charge is -2.12. The molecule has 38 heavy (non-hydrogen) atoms. The van der Waals surface area contributed by atoms with Crippen LogP contribution in [0.5, 0.6) is 11.5 Å². The van der Waals surface area contributed by atoms with Crippen LogP contribution in [0.2, 0.25) is 0 Å². The summed E-state index contributed by atoms with van der Waals surface area (Å²) in [7, 11) is -4.87. The number of methoxy groups -OCH3 is 2. The van der Waals surface area contributed by atoms with E-state index in [9.17, 15) is 21.9 Å². The van der Waals surface area contributed by atoms with E-state index < -0.39 is 26.2 Å². The van der Waals surface area contributed by atoms with E-state index in [-0.39, 0.29) is 9.79 Å². The summed E-state index contributed by atoms with van der Waals surface area (Å²) in [4.78, 5) is -0.0686. The topological polar surface area (TPSA) is 131 Å². The Morgan fingerprint density at radius 2 is 0.974 bits per heavy atom. The third kappa shape index (κ3) is 4.78. The van der Waals surface area contributed by atoms with E-state index >= 15 is 0 Å². The molecule has 1 aliphatic carbocycles. The number of aliphatic hydroxyl groups is 1. The van der Waals surface area contributed by atoms with Crippen molar-refractivity contribution in [3.05, 3.63) is 96.1 Å². The van der Waals surface area contributed by atoms with E-state index in [1.165, 1.54) is 38.5 Å². The van der Waals surface area contributed by atoms with Crippen LogP contribution in [-0.4, -0.2) is 36.2 Å². The van der Waals surface area contributed by atoms with Gasteiger partial charge in [0.25, 0.3) is 20.0 Å². The van der Waals surface area contributed by atoms with Crippen molar-refractivity contribution in [2.75, 3.05) is 23.7 Å². The summed E-state index contributed by atoms with van der Waals surface area (Å²) in [6, 6.07) is 21.8. The second-order valence-electron chi connectivity index (χ2n) is 8.57. The number of rotatable bonds is 8. The van der Waals surface area contributed by atoms with Gasteiger partial charge in [-0.15, -0.1) is 0 Å². The molecule has 9 nitrogen and oxygen atoms in total. The monoisotopic (exact) mass is 552 g/mol. The summed E-state index contributed by atoms with van der Waals surface area (Å²) in [5, 5.41) is 11.1. The fourth-order valence-electron chi connectivity index (χ4n) is 4.27. The van der Waals surface area contributed by atoms with Gasteiger partial charge in [0, 0.05) is 11.4 Å². The van der Waals surface area contributed by atoms with E-state index in [0.717, 1.165) is 0 Å². The Hall–Kier alpha value is -4.06. The van der Waals surface area contributed by atoms with E-state index in [0.29, 0.717) is 45.1 Å². The van der Waals surface area contributed by atoms with Crippen LogP contribution < -0.4 is 18.9 Å². The van der Waals surface area contributed by atoms with Gasteiger partial charge in [-0.25, -0.2) is 16.8 Å². The number of anilines is 2. The van der Waals surface area contributed by atoms with Crippen LogP contribution in [0.25, 0.3) is 11.1 Å². The number of nitrogens with one attached hydrogen (secondary N) is 2. The molecule has 4 aromatic rings. The maximum atomic E-state index is 13.0. The molecule has 4 aromatic carbocycles. The molecule has 3 N–H and O–H groups in total. The number of sulfonamides is 2. The summed E-state index contributed by atoms with van der Waals surface area (Å²) < 4.78 is 67.3. The van der Waals surface area contributed by atoms with Crippen molar-refractivity contribution < 1.29 is 31.4 Å². The Labute approximate surface area is 220 Å². The van der Waals surface area contributed by atoms with E-state index in [2.05, 4.69) is 9.44 Å². The maximum absolute atomic E-state index is 13.0. The molecule has 5 rings (SSSR count). The average molecular weight is 553 g/mol. The van der Waals surface area contributed by atoms with Gasteiger partial charge in [0.15, 0.2) is 0 Å². The van der Waals surface area contributed by atoms with Crippen molar-refractivity contribution in [3.63, 3.8) is 0 Å². The van der Waals surface area contributed by atoms with Crippen LogP contribution >= 0.6 is 0 Å². The Morgan fingerprint density at radius 1 is 0.605 bits per heavy atom. The first-order valence-corrected chi connectivity index (χ1v) is 14.4. The molecule has 0 amide bonds. The molecule has 0 unspecified atom stereocenters. The number of fused-ring (bicyclic) bond motifs is 3. The van der Waals surface area contributed by atoms with Gasteiger partial charge in [0.2, 0.25) is 0 Å². The Bertz CT molecular complexity index is 1590. The smallest absolute Gasteiger partial charge is 0.261 e.